The van der Waals surface area contributed by atoms with Gasteiger partial charge in [0.05, 0.1) is 4.92 Å². The van der Waals surface area contributed by atoms with Crippen molar-refractivity contribution >= 4 is 32.0 Å². The minimum absolute atomic E-state index is 0.00953. The zero-order chi connectivity index (χ0) is 14.0. The van der Waals surface area contributed by atoms with Crippen LogP contribution in [-0.4, -0.2) is 25.9 Å². The smallest absolute Gasteiger partial charge is 0.304 e. The normalized spacial score (nSPS) is 15.4. The minimum atomic E-state index is -3.63. The molecule has 7 nitrogen and oxygen atoms in total. The summed E-state index contributed by atoms with van der Waals surface area (Å²) in [5.74, 6) is 0. The van der Waals surface area contributed by atoms with Gasteiger partial charge in [-0.05, 0) is 19.3 Å². The third-order valence-electron chi connectivity index (χ3n) is 2.59. The number of rotatable bonds is 7. The van der Waals surface area contributed by atoms with Gasteiger partial charge in [-0.15, -0.1) is 0 Å². The monoisotopic (exact) mass is 305 g/mol. The van der Waals surface area contributed by atoms with Crippen LogP contribution in [0, 0.1) is 10.1 Å². The lowest BCUT2D eigenvalue weighted by molar-refractivity contribution is -0.383. The molecule has 106 valence electrons. The topological polar surface area (TPSA) is 101 Å². The summed E-state index contributed by atoms with van der Waals surface area (Å²) in [6.45, 7) is 2.50. The van der Waals surface area contributed by atoms with E-state index in [4.69, 9.17) is 0 Å². The number of sulfonamides is 1. The Balaban J connectivity index is 2.27. The first-order chi connectivity index (χ1) is 8.94. The third kappa shape index (κ3) is 3.43. The molecule has 0 spiro atoms. The van der Waals surface area contributed by atoms with Crippen LogP contribution < -0.4 is 10.0 Å². The fourth-order valence-electron chi connectivity index (χ4n) is 1.47. The van der Waals surface area contributed by atoms with Crippen LogP contribution in [0.1, 0.15) is 26.2 Å². The van der Waals surface area contributed by atoms with E-state index in [0.29, 0.717) is 11.5 Å². The van der Waals surface area contributed by atoms with Gasteiger partial charge < -0.3 is 5.32 Å². The predicted octanol–water partition coefficient (Wildman–Crippen LogP) is 1.92. The number of nitro groups is 1. The van der Waals surface area contributed by atoms with Crippen molar-refractivity contribution in [3.63, 3.8) is 0 Å². The highest BCUT2D eigenvalue weighted by Gasteiger charge is 2.31. The van der Waals surface area contributed by atoms with Crippen LogP contribution in [-0.2, 0) is 10.0 Å². The molecule has 0 unspecified atom stereocenters. The number of thiophene rings is 1. The molecule has 1 aromatic heterocycles. The van der Waals surface area contributed by atoms with Gasteiger partial charge in [0.1, 0.15) is 4.21 Å². The summed E-state index contributed by atoms with van der Waals surface area (Å²) in [6.07, 6.45) is 2.46. The van der Waals surface area contributed by atoms with Gasteiger partial charge in [-0.2, -0.15) is 0 Å². The highest BCUT2D eigenvalue weighted by atomic mass is 32.2. The molecule has 0 saturated heterocycles. The van der Waals surface area contributed by atoms with Crippen LogP contribution in [0.4, 0.5) is 10.7 Å². The lowest BCUT2D eigenvalue weighted by Crippen LogP contribution is -2.24. The molecule has 9 heteroatoms. The van der Waals surface area contributed by atoms with Gasteiger partial charge in [0, 0.05) is 18.7 Å². The van der Waals surface area contributed by atoms with Gasteiger partial charge >= 0.3 is 5.69 Å². The molecule has 2 rings (SSSR count). The fraction of sp³-hybridized carbons (Fsp3) is 0.600. The van der Waals surface area contributed by atoms with E-state index in [9.17, 15) is 18.5 Å². The minimum Gasteiger partial charge on any atom is -0.371 e. The van der Waals surface area contributed by atoms with Crippen molar-refractivity contribution in [2.24, 2.45) is 0 Å². The first-order valence-electron chi connectivity index (χ1n) is 5.98. The molecule has 19 heavy (non-hydrogen) atoms. The van der Waals surface area contributed by atoms with E-state index in [1.807, 2.05) is 6.92 Å². The van der Waals surface area contributed by atoms with E-state index in [1.165, 1.54) is 0 Å². The Hall–Kier alpha value is -1.19. The molecule has 1 heterocycles. The van der Waals surface area contributed by atoms with Gasteiger partial charge in [-0.1, -0.05) is 18.3 Å². The van der Waals surface area contributed by atoms with Crippen molar-refractivity contribution in [3.05, 3.63) is 16.2 Å². The Morgan fingerprint density at radius 1 is 1.53 bits per heavy atom. The molecule has 1 saturated carbocycles. The summed E-state index contributed by atoms with van der Waals surface area (Å²) in [5, 5.41) is 14.1. The molecular weight excluding hydrogens is 290 g/mol. The van der Waals surface area contributed by atoms with Crippen LogP contribution in [0.25, 0.3) is 0 Å². The third-order valence-corrected chi connectivity index (χ3v) is 5.66. The van der Waals surface area contributed by atoms with Gasteiger partial charge in [0.2, 0.25) is 0 Å². The maximum Gasteiger partial charge on any atom is 0.304 e. The van der Waals surface area contributed by atoms with Gasteiger partial charge in [0.25, 0.3) is 10.0 Å². The molecule has 1 aliphatic carbocycles. The molecule has 1 fully saturated rings. The Morgan fingerprint density at radius 3 is 2.74 bits per heavy atom. The van der Waals surface area contributed by atoms with Crippen molar-refractivity contribution in [1.82, 2.24) is 4.72 Å². The molecule has 0 atom stereocenters. The summed E-state index contributed by atoms with van der Waals surface area (Å²) in [6, 6.07) is 1.10. The Kier molecular flexibility index (Phi) is 4.07. The van der Waals surface area contributed by atoms with Crippen molar-refractivity contribution in [2.45, 2.75) is 36.4 Å². The Bertz CT molecular complexity index is 578. The van der Waals surface area contributed by atoms with E-state index in [2.05, 4.69) is 10.0 Å². The zero-order valence-corrected chi connectivity index (χ0v) is 12.0. The van der Waals surface area contributed by atoms with E-state index in [1.54, 1.807) is 0 Å². The van der Waals surface area contributed by atoms with Crippen molar-refractivity contribution in [2.75, 3.05) is 11.9 Å². The quantitative estimate of drug-likeness (QED) is 0.592. The highest BCUT2D eigenvalue weighted by Crippen LogP contribution is 2.37. The summed E-state index contributed by atoms with van der Waals surface area (Å²) in [4.78, 5) is 10.4. The Labute approximate surface area is 115 Å². The number of hydrogen-bond acceptors (Lipinski definition) is 6. The van der Waals surface area contributed by atoms with Crippen molar-refractivity contribution in [1.29, 1.82) is 0 Å². The Morgan fingerprint density at radius 2 is 2.21 bits per heavy atom. The molecule has 0 radical (unpaired) electrons. The first kappa shape index (κ1) is 14.2. The number of anilines is 1. The predicted molar refractivity (Wildman–Crippen MR) is 73.1 cm³/mol. The summed E-state index contributed by atoms with van der Waals surface area (Å²) < 4.78 is 26.5. The summed E-state index contributed by atoms with van der Waals surface area (Å²) >= 11 is 0.901. The van der Waals surface area contributed by atoms with Crippen LogP contribution in [0.2, 0.25) is 0 Å². The molecule has 1 aliphatic rings. The molecule has 0 amide bonds. The van der Waals surface area contributed by atoms with Crippen molar-refractivity contribution in [3.8, 4) is 0 Å². The van der Waals surface area contributed by atoms with Gasteiger partial charge in [-0.3, -0.25) is 10.1 Å². The van der Waals surface area contributed by atoms with E-state index < -0.39 is 14.9 Å². The van der Waals surface area contributed by atoms with E-state index >= 15 is 0 Å². The average molecular weight is 305 g/mol. The average Bonchev–Trinajstić information content (AvgIpc) is 3.01. The van der Waals surface area contributed by atoms with Crippen molar-refractivity contribution < 1.29 is 13.3 Å². The lowest BCUT2D eigenvalue weighted by Gasteiger charge is -2.01. The van der Waals surface area contributed by atoms with Crippen LogP contribution in [0.15, 0.2) is 10.3 Å². The molecule has 0 aromatic carbocycles. The number of nitrogens with zero attached hydrogens (tertiary/aromatic N) is 1. The van der Waals surface area contributed by atoms with Crippen LogP contribution in [0.5, 0.6) is 0 Å². The second-order valence-electron chi connectivity index (χ2n) is 4.36. The van der Waals surface area contributed by atoms with E-state index in [0.717, 1.165) is 36.7 Å². The summed E-state index contributed by atoms with van der Waals surface area (Å²) in [5.41, 5.74) is -0.186. The maximum absolute atomic E-state index is 12.0. The zero-order valence-electron chi connectivity index (χ0n) is 10.4. The van der Waals surface area contributed by atoms with Gasteiger partial charge in [-0.25, -0.2) is 13.1 Å². The lowest BCUT2D eigenvalue weighted by atomic mass is 10.4. The summed E-state index contributed by atoms with van der Waals surface area (Å²) in [7, 11) is -3.63. The number of hydrogen-bond donors (Lipinski definition) is 2. The first-order valence-corrected chi connectivity index (χ1v) is 8.28. The number of nitrogens with one attached hydrogen (secondary N) is 2. The SMILES string of the molecule is CCCNc1sc(S(=O)(=O)NC2CC2)cc1[N+](=O)[O-]. The molecular formula is C10H15N3O4S2. The van der Waals surface area contributed by atoms with Gasteiger partial charge in [0.15, 0.2) is 5.00 Å². The van der Waals surface area contributed by atoms with E-state index in [-0.39, 0.29) is 15.9 Å². The molecule has 0 aliphatic heterocycles. The van der Waals surface area contributed by atoms with Crippen LogP contribution >= 0.6 is 11.3 Å². The second kappa shape index (κ2) is 5.43. The fourth-order valence-corrected chi connectivity index (χ4v) is 4.15. The largest absolute Gasteiger partial charge is 0.371 e. The molecule has 0 bridgehead atoms. The highest BCUT2D eigenvalue weighted by molar-refractivity contribution is 7.91. The standard InChI is InChI=1S/C10H15N3O4S2/c1-2-5-11-10-8(13(14)15)6-9(18-10)19(16,17)12-7-3-4-7/h6-7,11-12H,2-5H2,1H3. The maximum atomic E-state index is 12.0. The van der Waals surface area contributed by atoms with Crippen LogP contribution in [0.3, 0.4) is 0 Å². The second-order valence-corrected chi connectivity index (χ2v) is 7.35. The molecule has 1 aromatic rings. The molecule has 2 N–H and O–H groups in total.